The number of aromatic nitrogens is 3. The summed E-state index contributed by atoms with van der Waals surface area (Å²) in [4.78, 5) is 44.5. The number of benzene rings is 1. The number of amidine groups is 1. The van der Waals surface area contributed by atoms with E-state index >= 15 is 4.39 Å². The van der Waals surface area contributed by atoms with Crippen LogP contribution in [0.1, 0.15) is 78.3 Å². The molecule has 4 heterocycles. The molecule has 2 aliphatic heterocycles. The van der Waals surface area contributed by atoms with Crippen LogP contribution in [0.25, 0.3) is 11.1 Å². The van der Waals surface area contributed by atoms with Crippen molar-refractivity contribution in [1.82, 2.24) is 25.6 Å². The summed E-state index contributed by atoms with van der Waals surface area (Å²) in [5, 5.41) is 5.51. The number of aryl methyl sites for hydroxylation is 2. The molecule has 6 rings (SSSR count). The molecule has 3 aromatic rings. The summed E-state index contributed by atoms with van der Waals surface area (Å²) >= 11 is 0. The number of piperidine rings is 1. The molecule has 47 heavy (non-hydrogen) atoms. The fourth-order valence-electron chi connectivity index (χ4n) is 6.42. The van der Waals surface area contributed by atoms with Crippen molar-refractivity contribution in [2.75, 3.05) is 25.1 Å². The van der Waals surface area contributed by atoms with Gasteiger partial charge in [0.2, 0.25) is 5.91 Å². The zero-order valence-electron chi connectivity index (χ0n) is 26.5. The van der Waals surface area contributed by atoms with Gasteiger partial charge in [-0.05, 0) is 69.4 Å². The molecule has 0 bridgehead atoms. The van der Waals surface area contributed by atoms with E-state index in [0.717, 1.165) is 18.9 Å². The molecule has 14 heteroatoms. The first kappa shape index (κ1) is 32.5. The number of carbonyl (C=O) groups is 2. The van der Waals surface area contributed by atoms with Crippen LogP contribution in [-0.4, -0.2) is 58.3 Å². The van der Waals surface area contributed by atoms with Gasteiger partial charge in [-0.2, -0.15) is 13.2 Å². The van der Waals surface area contributed by atoms with Crippen LogP contribution in [-0.2, 0) is 33.7 Å². The van der Waals surface area contributed by atoms with Gasteiger partial charge in [0.15, 0.2) is 0 Å². The number of nitrogens with zero attached hydrogens (tertiary/aromatic N) is 5. The molecule has 1 aliphatic carbocycles. The van der Waals surface area contributed by atoms with Crippen LogP contribution in [0.4, 0.5) is 23.2 Å². The normalized spacial score (nSPS) is 17.6. The number of hydrogen-bond acceptors (Lipinski definition) is 8. The van der Waals surface area contributed by atoms with E-state index in [2.05, 4.69) is 25.6 Å². The number of methoxy groups -OCH3 is 1. The Labute approximate surface area is 269 Å². The zero-order chi connectivity index (χ0) is 33.7. The summed E-state index contributed by atoms with van der Waals surface area (Å²) in [5.41, 5.74) is 2.17. The first-order valence-electron chi connectivity index (χ1n) is 15.4. The summed E-state index contributed by atoms with van der Waals surface area (Å²) in [6, 6.07) is 5.59. The van der Waals surface area contributed by atoms with Crippen LogP contribution in [0.3, 0.4) is 0 Å². The number of alkyl halides is 3. The van der Waals surface area contributed by atoms with Gasteiger partial charge < -0.3 is 20.3 Å². The molecule has 2 N–H and O–H groups in total. The third kappa shape index (κ3) is 6.42. The summed E-state index contributed by atoms with van der Waals surface area (Å²) < 4.78 is 61.3. The minimum absolute atomic E-state index is 0.0286. The third-order valence-corrected chi connectivity index (χ3v) is 8.91. The lowest BCUT2D eigenvalue weighted by Gasteiger charge is -2.38. The van der Waals surface area contributed by atoms with Crippen LogP contribution < -0.4 is 15.5 Å². The average molecular weight is 654 g/mol. The van der Waals surface area contributed by atoms with Crippen molar-refractivity contribution in [3.8, 4) is 11.1 Å². The average Bonchev–Trinajstić information content (AvgIpc) is 3.81. The summed E-state index contributed by atoms with van der Waals surface area (Å²) in [6.45, 7) is 5.97. The SMILES string of the molecule is COCc1c(F)cc(-c2c(C)nc(CNC(C)=O)nc2C)cc1N1CCC2(CC1)N=C(c1ccc(C(F)(F)F)nc1C1CC1)NC2=O. The standard InChI is InChI=1S/C33H35F4N7O3/c1-17-28(18(2)40-27(39-17)15-38-19(3)45)21-13-24(34)23(16-47-4)25(14-21)44-11-9-32(10-12-44)31(46)42-30(43-32)22-7-8-26(33(35,36)37)41-29(22)20-5-6-20/h7-8,13-14,20H,5-6,9-12,15-16H2,1-4H3,(H,38,45)(H,42,43,46). The van der Waals surface area contributed by atoms with Gasteiger partial charge in [-0.1, -0.05) is 0 Å². The molecule has 2 aromatic heterocycles. The van der Waals surface area contributed by atoms with Crippen LogP contribution in [0.5, 0.6) is 0 Å². The van der Waals surface area contributed by atoms with Crippen LogP contribution in [0.15, 0.2) is 29.3 Å². The van der Waals surface area contributed by atoms with Crippen molar-refractivity contribution >= 4 is 23.3 Å². The molecule has 1 spiro atoms. The minimum Gasteiger partial charge on any atom is -0.380 e. The molecule has 2 amide bonds. The Kier molecular flexibility index (Phi) is 8.49. The van der Waals surface area contributed by atoms with Gasteiger partial charge in [-0.15, -0.1) is 0 Å². The van der Waals surface area contributed by atoms with Gasteiger partial charge >= 0.3 is 6.18 Å². The fourth-order valence-corrected chi connectivity index (χ4v) is 6.42. The molecule has 10 nitrogen and oxygen atoms in total. The van der Waals surface area contributed by atoms with Gasteiger partial charge in [-0.3, -0.25) is 14.6 Å². The molecule has 1 saturated carbocycles. The molecule has 0 radical (unpaired) electrons. The number of pyridine rings is 1. The van der Waals surface area contributed by atoms with Gasteiger partial charge in [0.1, 0.15) is 28.7 Å². The van der Waals surface area contributed by atoms with Crippen LogP contribution >= 0.6 is 0 Å². The van der Waals surface area contributed by atoms with E-state index in [1.807, 2.05) is 24.8 Å². The van der Waals surface area contributed by atoms with Crippen LogP contribution in [0, 0.1) is 19.7 Å². The first-order chi connectivity index (χ1) is 22.3. The molecule has 0 atom stereocenters. The van der Waals surface area contributed by atoms with E-state index in [9.17, 15) is 22.8 Å². The topological polar surface area (TPSA) is 122 Å². The predicted octanol–water partition coefficient (Wildman–Crippen LogP) is 4.89. The highest BCUT2D eigenvalue weighted by Crippen LogP contribution is 2.43. The smallest absolute Gasteiger partial charge is 0.380 e. The first-order valence-corrected chi connectivity index (χ1v) is 15.4. The largest absolute Gasteiger partial charge is 0.433 e. The van der Waals surface area contributed by atoms with E-state index in [1.165, 1.54) is 26.2 Å². The number of nitrogens with one attached hydrogen (secondary N) is 2. The van der Waals surface area contributed by atoms with E-state index in [-0.39, 0.29) is 36.7 Å². The second-order valence-corrected chi connectivity index (χ2v) is 12.3. The van der Waals surface area contributed by atoms with Crippen molar-refractivity contribution in [3.05, 3.63) is 69.8 Å². The summed E-state index contributed by atoms with van der Waals surface area (Å²) in [5.74, 6) is -0.377. The second kappa shape index (κ2) is 12.3. The summed E-state index contributed by atoms with van der Waals surface area (Å²) in [7, 11) is 1.49. The zero-order valence-corrected chi connectivity index (χ0v) is 26.5. The maximum Gasteiger partial charge on any atom is 0.433 e. The number of hydrogen-bond donors (Lipinski definition) is 2. The Morgan fingerprint density at radius 1 is 1.11 bits per heavy atom. The van der Waals surface area contributed by atoms with Crippen molar-refractivity contribution in [3.63, 3.8) is 0 Å². The minimum atomic E-state index is -4.57. The van der Waals surface area contributed by atoms with Crippen molar-refractivity contribution < 1.29 is 31.9 Å². The van der Waals surface area contributed by atoms with E-state index in [4.69, 9.17) is 9.73 Å². The number of amides is 2. The molecule has 0 unspecified atom stereocenters. The Balaban J connectivity index is 1.28. The molecular formula is C33H35F4N7O3. The van der Waals surface area contributed by atoms with Gasteiger partial charge in [0.25, 0.3) is 5.91 Å². The van der Waals surface area contributed by atoms with Gasteiger partial charge in [-0.25, -0.2) is 19.3 Å². The third-order valence-electron chi connectivity index (χ3n) is 8.91. The maximum absolute atomic E-state index is 15.7. The van der Waals surface area contributed by atoms with E-state index < -0.39 is 23.2 Å². The maximum atomic E-state index is 15.7. The fraction of sp³-hybridized carbons (Fsp3) is 0.455. The quantitative estimate of drug-likeness (QED) is 0.332. The number of ether oxygens (including phenoxy) is 1. The highest BCUT2D eigenvalue weighted by atomic mass is 19.4. The lowest BCUT2D eigenvalue weighted by Crippen LogP contribution is -2.49. The van der Waals surface area contributed by atoms with Gasteiger partial charge in [0, 0.05) is 66.8 Å². The monoisotopic (exact) mass is 653 g/mol. The van der Waals surface area contributed by atoms with Crippen molar-refractivity contribution in [2.45, 2.75) is 77.2 Å². The van der Waals surface area contributed by atoms with Crippen molar-refractivity contribution in [1.29, 1.82) is 0 Å². The lowest BCUT2D eigenvalue weighted by atomic mass is 9.87. The van der Waals surface area contributed by atoms with E-state index in [1.54, 1.807) is 0 Å². The number of anilines is 1. The summed E-state index contributed by atoms with van der Waals surface area (Å²) in [6.07, 6.45) is -2.49. The number of halogens is 4. The molecule has 1 saturated heterocycles. The Bertz CT molecular complexity index is 1760. The highest BCUT2D eigenvalue weighted by Gasteiger charge is 2.47. The molecular weight excluding hydrogens is 618 g/mol. The molecule has 2 fully saturated rings. The molecule has 248 valence electrons. The second-order valence-electron chi connectivity index (χ2n) is 12.3. The molecule has 3 aliphatic rings. The Hall–Kier alpha value is -4.46. The Morgan fingerprint density at radius 3 is 2.38 bits per heavy atom. The van der Waals surface area contributed by atoms with Gasteiger partial charge in [0.05, 0.1) is 18.8 Å². The predicted molar refractivity (Wildman–Crippen MR) is 165 cm³/mol. The number of aliphatic imine (C=N–C) groups is 1. The van der Waals surface area contributed by atoms with E-state index in [0.29, 0.717) is 76.8 Å². The number of rotatable bonds is 8. The Morgan fingerprint density at radius 2 is 1.79 bits per heavy atom. The molecule has 1 aromatic carbocycles. The number of carbonyl (C=O) groups excluding carboxylic acids is 2. The lowest BCUT2D eigenvalue weighted by molar-refractivity contribution is -0.141. The highest BCUT2D eigenvalue weighted by molar-refractivity contribution is 6.16. The van der Waals surface area contributed by atoms with Crippen molar-refractivity contribution in [2.24, 2.45) is 4.99 Å². The van der Waals surface area contributed by atoms with Crippen LogP contribution in [0.2, 0.25) is 0 Å².